The number of hydrogen-bond donors (Lipinski definition) is 0. The molecule has 1 aromatic carbocycles. The number of anilines is 1. The highest BCUT2D eigenvalue weighted by Crippen LogP contribution is 2.28. The maximum atomic E-state index is 12.7. The van der Waals surface area contributed by atoms with Crippen LogP contribution in [0.1, 0.15) is 20.3 Å². The lowest BCUT2D eigenvalue weighted by Crippen LogP contribution is -2.52. The summed E-state index contributed by atoms with van der Waals surface area (Å²) in [5.41, 5.74) is 1.15. The van der Waals surface area contributed by atoms with Gasteiger partial charge in [-0.2, -0.15) is 0 Å². The summed E-state index contributed by atoms with van der Waals surface area (Å²) in [6.07, 6.45) is 1.24. The van der Waals surface area contributed by atoms with Crippen LogP contribution in [0.4, 0.5) is 5.69 Å². The first-order chi connectivity index (χ1) is 12.1. The SMILES string of the molecule is COc1ccccc1N1CCN(CC(=O)N2CC(C)CC(C)C2)CC1. The summed E-state index contributed by atoms with van der Waals surface area (Å²) in [4.78, 5) is 19.4. The molecule has 2 heterocycles. The molecule has 0 bridgehead atoms. The monoisotopic (exact) mass is 345 g/mol. The molecule has 0 radical (unpaired) electrons. The third-order valence-electron chi connectivity index (χ3n) is 5.38. The smallest absolute Gasteiger partial charge is 0.236 e. The van der Waals surface area contributed by atoms with Gasteiger partial charge in [-0.1, -0.05) is 26.0 Å². The molecule has 0 aliphatic carbocycles. The van der Waals surface area contributed by atoms with Crippen molar-refractivity contribution in [1.82, 2.24) is 9.80 Å². The van der Waals surface area contributed by atoms with Gasteiger partial charge in [0.1, 0.15) is 5.75 Å². The first kappa shape index (κ1) is 18.1. The van der Waals surface area contributed by atoms with Crippen LogP contribution in [0, 0.1) is 11.8 Å². The second-order valence-corrected chi connectivity index (χ2v) is 7.68. The number of hydrogen-bond acceptors (Lipinski definition) is 4. The molecule has 0 spiro atoms. The van der Waals surface area contributed by atoms with E-state index in [0.29, 0.717) is 24.3 Å². The van der Waals surface area contributed by atoms with Crippen LogP contribution >= 0.6 is 0 Å². The summed E-state index contributed by atoms with van der Waals surface area (Å²) >= 11 is 0. The van der Waals surface area contributed by atoms with Gasteiger partial charge in [-0.15, -0.1) is 0 Å². The molecule has 138 valence electrons. The lowest BCUT2D eigenvalue weighted by molar-refractivity contribution is -0.135. The maximum Gasteiger partial charge on any atom is 0.236 e. The van der Waals surface area contributed by atoms with Crippen LogP contribution in [0.5, 0.6) is 5.75 Å². The summed E-state index contributed by atoms with van der Waals surface area (Å²) in [5, 5.41) is 0. The maximum absolute atomic E-state index is 12.7. The number of likely N-dealkylation sites (tertiary alicyclic amines) is 1. The van der Waals surface area contributed by atoms with Crippen LogP contribution in [0.15, 0.2) is 24.3 Å². The molecule has 3 rings (SSSR count). The van der Waals surface area contributed by atoms with Gasteiger partial charge in [-0.05, 0) is 30.4 Å². The fourth-order valence-corrected chi connectivity index (χ4v) is 4.20. The Kier molecular flexibility index (Phi) is 5.84. The average Bonchev–Trinajstić information content (AvgIpc) is 2.61. The summed E-state index contributed by atoms with van der Waals surface area (Å²) in [6, 6.07) is 8.16. The largest absolute Gasteiger partial charge is 0.495 e. The molecule has 1 amide bonds. The molecular weight excluding hydrogens is 314 g/mol. The summed E-state index contributed by atoms with van der Waals surface area (Å²) in [5.74, 6) is 2.46. The zero-order valence-corrected chi connectivity index (χ0v) is 15.8. The lowest BCUT2D eigenvalue weighted by atomic mass is 9.92. The van der Waals surface area contributed by atoms with Gasteiger partial charge in [0.2, 0.25) is 5.91 Å². The summed E-state index contributed by atoms with van der Waals surface area (Å²) in [7, 11) is 1.72. The zero-order chi connectivity index (χ0) is 17.8. The van der Waals surface area contributed by atoms with Crippen LogP contribution in [0.25, 0.3) is 0 Å². The highest BCUT2D eigenvalue weighted by Gasteiger charge is 2.27. The normalized spacial score (nSPS) is 25.1. The highest BCUT2D eigenvalue weighted by atomic mass is 16.5. The van der Waals surface area contributed by atoms with Crippen molar-refractivity contribution < 1.29 is 9.53 Å². The summed E-state index contributed by atoms with van der Waals surface area (Å²) in [6.45, 7) is 10.6. The number of carbonyl (C=O) groups excluding carboxylic acids is 1. The van der Waals surface area contributed by atoms with Crippen molar-refractivity contribution in [2.45, 2.75) is 20.3 Å². The Morgan fingerprint density at radius 3 is 2.36 bits per heavy atom. The molecule has 0 aromatic heterocycles. The predicted molar refractivity (Wildman–Crippen MR) is 101 cm³/mol. The van der Waals surface area contributed by atoms with Crippen LogP contribution in [0.2, 0.25) is 0 Å². The van der Waals surface area contributed by atoms with Crippen LogP contribution in [-0.2, 0) is 4.79 Å². The molecule has 1 aromatic rings. The van der Waals surface area contributed by atoms with E-state index >= 15 is 0 Å². The fraction of sp³-hybridized carbons (Fsp3) is 0.650. The second kappa shape index (κ2) is 8.09. The number of piperazine rings is 1. The second-order valence-electron chi connectivity index (χ2n) is 7.68. The van der Waals surface area contributed by atoms with Gasteiger partial charge in [0.15, 0.2) is 0 Å². The Morgan fingerprint density at radius 2 is 1.72 bits per heavy atom. The van der Waals surface area contributed by atoms with Gasteiger partial charge in [0.05, 0.1) is 19.3 Å². The molecule has 0 saturated carbocycles. The molecule has 5 nitrogen and oxygen atoms in total. The summed E-state index contributed by atoms with van der Waals surface area (Å²) < 4.78 is 5.47. The number of para-hydroxylation sites is 2. The van der Waals surface area contributed by atoms with Crippen molar-refractivity contribution in [1.29, 1.82) is 0 Å². The molecule has 25 heavy (non-hydrogen) atoms. The number of methoxy groups -OCH3 is 1. The van der Waals surface area contributed by atoms with Crippen LogP contribution < -0.4 is 9.64 Å². The van der Waals surface area contributed by atoms with Gasteiger partial charge < -0.3 is 14.5 Å². The van der Waals surface area contributed by atoms with Crippen LogP contribution in [0.3, 0.4) is 0 Å². The van der Waals surface area contributed by atoms with E-state index in [1.165, 1.54) is 6.42 Å². The quantitative estimate of drug-likeness (QED) is 0.839. The van der Waals surface area contributed by atoms with E-state index in [2.05, 4.69) is 34.6 Å². The topological polar surface area (TPSA) is 36.0 Å². The number of piperidine rings is 1. The van der Waals surface area contributed by atoms with Gasteiger partial charge in [-0.25, -0.2) is 0 Å². The Morgan fingerprint density at radius 1 is 1.08 bits per heavy atom. The van der Waals surface area contributed by atoms with Gasteiger partial charge >= 0.3 is 0 Å². The minimum atomic E-state index is 0.296. The van der Waals surface area contributed by atoms with Crippen molar-refractivity contribution in [3.63, 3.8) is 0 Å². The molecule has 2 atom stereocenters. The Labute approximate surface area is 151 Å². The van der Waals surface area contributed by atoms with Gasteiger partial charge in [0.25, 0.3) is 0 Å². The minimum absolute atomic E-state index is 0.296. The third-order valence-corrected chi connectivity index (χ3v) is 5.38. The molecule has 2 aliphatic heterocycles. The molecule has 0 N–H and O–H groups in total. The number of nitrogens with zero attached hydrogens (tertiary/aromatic N) is 3. The van der Waals surface area contributed by atoms with Crippen molar-refractivity contribution in [3.05, 3.63) is 24.3 Å². The number of ether oxygens (including phenoxy) is 1. The van der Waals surface area contributed by atoms with E-state index in [9.17, 15) is 4.79 Å². The van der Waals surface area contributed by atoms with Crippen molar-refractivity contribution in [2.24, 2.45) is 11.8 Å². The predicted octanol–water partition coefficient (Wildman–Crippen LogP) is 2.32. The number of carbonyl (C=O) groups is 1. The van der Waals surface area contributed by atoms with Crippen molar-refractivity contribution >= 4 is 11.6 Å². The van der Waals surface area contributed by atoms with Crippen molar-refractivity contribution in [2.75, 3.05) is 57.8 Å². The number of amides is 1. The highest BCUT2D eigenvalue weighted by molar-refractivity contribution is 5.78. The first-order valence-electron chi connectivity index (χ1n) is 9.45. The average molecular weight is 345 g/mol. The Bertz CT molecular complexity index is 574. The van der Waals surface area contributed by atoms with Gasteiger partial charge in [0, 0.05) is 39.3 Å². The van der Waals surface area contributed by atoms with E-state index in [1.54, 1.807) is 7.11 Å². The van der Waals surface area contributed by atoms with E-state index < -0.39 is 0 Å². The van der Waals surface area contributed by atoms with Gasteiger partial charge in [-0.3, -0.25) is 9.69 Å². The van der Waals surface area contributed by atoms with E-state index in [1.807, 2.05) is 18.2 Å². The molecule has 2 saturated heterocycles. The first-order valence-corrected chi connectivity index (χ1v) is 9.45. The zero-order valence-electron chi connectivity index (χ0n) is 15.8. The van der Waals surface area contributed by atoms with Crippen LogP contribution in [-0.4, -0.2) is 68.6 Å². The van der Waals surface area contributed by atoms with E-state index in [0.717, 1.165) is 50.7 Å². The molecular formula is C20H31N3O2. The fourth-order valence-electron chi connectivity index (χ4n) is 4.20. The molecule has 5 heteroatoms. The molecule has 2 aliphatic rings. The Hall–Kier alpha value is -1.75. The molecule has 2 unspecified atom stereocenters. The minimum Gasteiger partial charge on any atom is -0.495 e. The Balaban J connectivity index is 1.51. The van der Waals surface area contributed by atoms with Crippen molar-refractivity contribution in [3.8, 4) is 5.75 Å². The van der Waals surface area contributed by atoms with E-state index in [-0.39, 0.29) is 0 Å². The third kappa shape index (κ3) is 4.46. The standard InChI is InChI=1S/C20H31N3O2/c1-16-12-17(2)14-23(13-16)20(24)15-21-8-10-22(11-9-21)18-6-4-5-7-19(18)25-3/h4-7,16-17H,8-15H2,1-3H3. The number of benzene rings is 1. The molecule has 2 fully saturated rings. The number of rotatable bonds is 4. The lowest BCUT2D eigenvalue weighted by Gasteiger charge is -2.39. The van der Waals surface area contributed by atoms with E-state index in [4.69, 9.17) is 4.74 Å².